The molecule has 0 aliphatic rings. The second-order valence-electron chi connectivity index (χ2n) is 4.91. The van der Waals surface area contributed by atoms with Gasteiger partial charge in [0.25, 0.3) is 0 Å². The summed E-state index contributed by atoms with van der Waals surface area (Å²) >= 11 is 0. The van der Waals surface area contributed by atoms with E-state index in [1.165, 1.54) is 0 Å². The zero-order chi connectivity index (χ0) is 16.1. The minimum absolute atomic E-state index is 0.841. The molecular weight excluding hydrogens is 288 g/mol. The molecule has 0 fully saturated rings. The van der Waals surface area contributed by atoms with Crippen LogP contribution >= 0.6 is 0 Å². The second kappa shape index (κ2) is 6.66. The van der Waals surface area contributed by atoms with Gasteiger partial charge in [-0.2, -0.15) is 0 Å². The van der Waals surface area contributed by atoms with Crippen molar-refractivity contribution in [2.75, 3.05) is 0 Å². The van der Waals surface area contributed by atoms with Gasteiger partial charge in [0.1, 0.15) is 0 Å². The minimum Gasteiger partial charge on any atom is -0.478 e. The molecule has 0 unspecified atom stereocenters. The van der Waals surface area contributed by atoms with Gasteiger partial charge in [0, 0.05) is 30.9 Å². The maximum absolute atomic E-state index is 10.9. The second-order valence-corrected chi connectivity index (χ2v) is 4.91. The molecule has 0 aliphatic carbocycles. The molecule has 2 aromatic heterocycles. The highest BCUT2D eigenvalue weighted by atomic mass is 16.4. The summed E-state index contributed by atoms with van der Waals surface area (Å²) in [6.07, 6.45) is 9.70. The van der Waals surface area contributed by atoms with Crippen molar-refractivity contribution in [1.82, 2.24) is 9.97 Å². The molecule has 0 aliphatic heterocycles. The van der Waals surface area contributed by atoms with Gasteiger partial charge in [0.05, 0.1) is 0 Å². The van der Waals surface area contributed by atoms with E-state index in [0.717, 1.165) is 33.9 Å². The molecule has 0 radical (unpaired) electrons. The lowest BCUT2D eigenvalue weighted by molar-refractivity contribution is -0.131. The first-order chi connectivity index (χ1) is 11.3. The Kier molecular flexibility index (Phi) is 4.25. The maximum atomic E-state index is 10.9. The van der Waals surface area contributed by atoms with E-state index in [9.17, 15) is 4.79 Å². The van der Waals surface area contributed by atoms with E-state index in [1.54, 1.807) is 30.9 Å². The Morgan fingerprint density at radius 3 is 2.09 bits per heavy atom. The molecule has 3 rings (SSSR count). The number of carbonyl (C=O) groups is 1. The number of carboxylic acid groups (broad SMARTS) is 1. The molecule has 112 valence electrons. The Morgan fingerprint density at radius 1 is 0.870 bits per heavy atom. The molecule has 1 N–H and O–H groups in total. The maximum Gasteiger partial charge on any atom is 0.328 e. The van der Waals surface area contributed by atoms with Crippen molar-refractivity contribution in [3.63, 3.8) is 0 Å². The third-order valence-electron chi connectivity index (χ3n) is 3.46. The predicted octanol–water partition coefficient (Wildman–Crippen LogP) is 3.91. The number of benzene rings is 1. The number of aromatic nitrogens is 2. The first kappa shape index (κ1) is 14.7. The summed E-state index contributed by atoms with van der Waals surface area (Å²) in [7, 11) is 0. The number of hydrogen-bond donors (Lipinski definition) is 1. The van der Waals surface area contributed by atoms with Crippen molar-refractivity contribution in [3.05, 3.63) is 78.9 Å². The number of aliphatic carboxylic acids is 1. The Balaban J connectivity index is 2.24. The van der Waals surface area contributed by atoms with E-state index in [-0.39, 0.29) is 0 Å². The molecule has 4 nitrogen and oxygen atoms in total. The van der Waals surface area contributed by atoms with Gasteiger partial charge in [-0.25, -0.2) is 4.79 Å². The summed E-state index contributed by atoms with van der Waals surface area (Å²) in [5.41, 5.74) is 4.84. The van der Waals surface area contributed by atoms with E-state index >= 15 is 0 Å². The van der Waals surface area contributed by atoms with Gasteiger partial charge in [-0.15, -0.1) is 0 Å². The highest BCUT2D eigenvalue weighted by molar-refractivity contribution is 5.92. The standard InChI is InChI=1S/C19H14N2O2/c22-18(23)5-4-15-2-1-3-17(14-6-10-20-11-7-14)19(15)16-8-12-21-13-9-16/h1-13H,(H,22,23)/b5-4+. The fourth-order valence-corrected chi connectivity index (χ4v) is 2.48. The molecule has 4 heteroatoms. The van der Waals surface area contributed by atoms with Crippen LogP contribution in [0, 0.1) is 0 Å². The van der Waals surface area contributed by atoms with Crippen molar-refractivity contribution in [2.45, 2.75) is 0 Å². The highest BCUT2D eigenvalue weighted by Crippen LogP contribution is 2.35. The smallest absolute Gasteiger partial charge is 0.328 e. The lowest BCUT2D eigenvalue weighted by atomic mass is 9.91. The number of rotatable bonds is 4. The van der Waals surface area contributed by atoms with Crippen molar-refractivity contribution in [3.8, 4) is 22.3 Å². The van der Waals surface area contributed by atoms with E-state index < -0.39 is 5.97 Å². The molecule has 3 aromatic rings. The highest BCUT2D eigenvalue weighted by Gasteiger charge is 2.11. The van der Waals surface area contributed by atoms with Crippen LogP contribution in [-0.4, -0.2) is 21.0 Å². The summed E-state index contributed by atoms with van der Waals surface area (Å²) in [4.78, 5) is 19.0. The van der Waals surface area contributed by atoms with Gasteiger partial charge in [-0.05, 0) is 58.2 Å². The number of hydrogen-bond acceptors (Lipinski definition) is 3. The quantitative estimate of drug-likeness (QED) is 0.742. The first-order valence-corrected chi connectivity index (χ1v) is 7.10. The average molecular weight is 302 g/mol. The van der Waals surface area contributed by atoms with E-state index in [4.69, 9.17) is 5.11 Å². The van der Waals surface area contributed by atoms with Crippen LogP contribution in [0.1, 0.15) is 5.56 Å². The largest absolute Gasteiger partial charge is 0.478 e. The van der Waals surface area contributed by atoms with Crippen LogP contribution in [-0.2, 0) is 4.79 Å². The van der Waals surface area contributed by atoms with Crippen LogP contribution in [0.3, 0.4) is 0 Å². The van der Waals surface area contributed by atoms with Crippen molar-refractivity contribution < 1.29 is 9.90 Å². The van der Waals surface area contributed by atoms with E-state index in [2.05, 4.69) is 9.97 Å². The van der Waals surface area contributed by atoms with Gasteiger partial charge in [-0.1, -0.05) is 18.2 Å². The summed E-state index contributed by atoms with van der Waals surface area (Å²) < 4.78 is 0. The molecule has 0 saturated carbocycles. The van der Waals surface area contributed by atoms with Gasteiger partial charge in [0.2, 0.25) is 0 Å². The first-order valence-electron chi connectivity index (χ1n) is 7.10. The minimum atomic E-state index is -0.972. The molecule has 0 bridgehead atoms. The lowest BCUT2D eigenvalue weighted by Gasteiger charge is -2.13. The Bertz CT molecular complexity index is 844. The van der Waals surface area contributed by atoms with E-state index in [0.29, 0.717) is 0 Å². The molecule has 0 atom stereocenters. The van der Waals surface area contributed by atoms with Gasteiger partial charge in [-0.3, -0.25) is 9.97 Å². The summed E-state index contributed by atoms with van der Waals surface area (Å²) in [5, 5.41) is 8.92. The number of carboxylic acids is 1. The molecule has 0 amide bonds. The molecule has 2 heterocycles. The number of nitrogens with zero attached hydrogens (tertiary/aromatic N) is 2. The van der Waals surface area contributed by atoms with Crippen LogP contribution in [0.15, 0.2) is 73.3 Å². The Morgan fingerprint density at radius 2 is 1.48 bits per heavy atom. The van der Waals surface area contributed by atoms with Gasteiger partial charge < -0.3 is 5.11 Å². The van der Waals surface area contributed by atoms with Crippen molar-refractivity contribution >= 4 is 12.0 Å². The monoisotopic (exact) mass is 302 g/mol. The van der Waals surface area contributed by atoms with Gasteiger partial charge >= 0.3 is 5.97 Å². The SMILES string of the molecule is O=C(O)/C=C/c1cccc(-c2ccncc2)c1-c1ccncc1. The average Bonchev–Trinajstić information content (AvgIpc) is 2.61. The van der Waals surface area contributed by atoms with Crippen LogP contribution in [0.5, 0.6) is 0 Å². The molecular formula is C19H14N2O2. The Labute approximate surface area is 133 Å². The normalized spacial score (nSPS) is 10.8. The molecule has 0 saturated heterocycles. The summed E-state index contributed by atoms with van der Waals surface area (Å²) in [5.74, 6) is -0.972. The van der Waals surface area contributed by atoms with Gasteiger partial charge in [0.15, 0.2) is 0 Å². The van der Waals surface area contributed by atoms with Crippen LogP contribution in [0.4, 0.5) is 0 Å². The van der Waals surface area contributed by atoms with E-state index in [1.807, 2.05) is 42.5 Å². The van der Waals surface area contributed by atoms with Crippen LogP contribution < -0.4 is 0 Å². The molecule has 0 spiro atoms. The van der Waals surface area contributed by atoms with Crippen LogP contribution in [0.2, 0.25) is 0 Å². The zero-order valence-corrected chi connectivity index (χ0v) is 12.3. The predicted molar refractivity (Wildman–Crippen MR) is 89.6 cm³/mol. The topological polar surface area (TPSA) is 63.1 Å². The lowest BCUT2D eigenvalue weighted by Crippen LogP contribution is -1.91. The fourth-order valence-electron chi connectivity index (χ4n) is 2.48. The molecule has 1 aromatic carbocycles. The molecule has 23 heavy (non-hydrogen) atoms. The zero-order valence-electron chi connectivity index (χ0n) is 12.3. The third kappa shape index (κ3) is 3.32. The van der Waals surface area contributed by atoms with Crippen molar-refractivity contribution in [1.29, 1.82) is 0 Å². The third-order valence-corrected chi connectivity index (χ3v) is 3.46. The summed E-state index contributed by atoms with van der Waals surface area (Å²) in [6, 6.07) is 13.5. The van der Waals surface area contributed by atoms with Crippen molar-refractivity contribution in [2.24, 2.45) is 0 Å². The number of pyridine rings is 2. The fraction of sp³-hybridized carbons (Fsp3) is 0. The Hall–Kier alpha value is -3.27. The van der Waals surface area contributed by atoms with Crippen LogP contribution in [0.25, 0.3) is 28.3 Å². The summed E-state index contributed by atoms with van der Waals surface area (Å²) in [6.45, 7) is 0.